The number of rotatable bonds is 4. The van der Waals surface area contributed by atoms with Gasteiger partial charge in [-0.2, -0.15) is 4.39 Å². The van der Waals surface area contributed by atoms with E-state index >= 15 is 0 Å². The molecule has 1 aromatic carbocycles. The van der Waals surface area contributed by atoms with Crippen LogP contribution in [0.1, 0.15) is 10.4 Å². The third-order valence-electron chi connectivity index (χ3n) is 3.76. The SMILES string of the molecule is O=C(CNc1cccc(F)c1[N+](=O)[O-])N1CCc2sccc2C1. The Morgan fingerprint density at radius 1 is 1.43 bits per heavy atom. The van der Waals surface area contributed by atoms with Crippen molar-refractivity contribution in [3.8, 4) is 0 Å². The van der Waals surface area contributed by atoms with Crippen molar-refractivity contribution in [2.45, 2.75) is 13.0 Å². The van der Waals surface area contributed by atoms with E-state index in [1.807, 2.05) is 11.4 Å². The zero-order valence-electron chi connectivity index (χ0n) is 12.1. The standard InChI is InChI=1S/C15H14FN3O3S/c16-11-2-1-3-12(15(11)19(21)22)17-8-14(20)18-6-4-13-10(9-18)5-7-23-13/h1-3,5,7,17H,4,6,8-9H2. The molecular formula is C15H14FN3O3S. The number of nitro groups is 1. The molecule has 2 aromatic rings. The quantitative estimate of drug-likeness (QED) is 0.688. The Morgan fingerprint density at radius 3 is 3.04 bits per heavy atom. The number of nitro benzene ring substituents is 1. The van der Waals surface area contributed by atoms with Gasteiger partial charge in [0, 0.05) is 18.0 Å². The summed E-state index contributed by atoms with van der Waals surface area (Å²) in [5.74, 6) is -1.09. The van der Waals surface area contributed by atoms with Gasteiger partial charge in [0.1, 0.15) is 5.69 Å². The summed E-state index contributed by atoms with van der Waals surface area (Å²) in [5, 5.41) is 15.6. The lowest BCUT2D eigenvalue weighted by Gasteiger charge is -2.27. The maximum Gasteiger partial charge on any atom is 0.327 e. The second kappa shape index (κ2) is 6.33. The molecule has 1 aliphatic rings. The molecule has 2 heterocycles. The van der Waals surface area contributed by atoms with Crippen LogP contribution in [0.4, 0.5) is 15.8 Å². The molecule has 0 saturated heterocycles. The van der Waals surface area contributed by atoms with Crippen LogP contribution in [0.5, 0.6) is 0 Å². The first kappa shape index (κ1) is 15.4. The fourth-order valence-electron chi connectivity index (χ4n) is 2.59. The topological polar surface area (TPSA) is 75.5 Å². The summed E-state index contributed by atoms with van der Waals surface area (Å²) in [7, 11) is 0. The molecule has 8 heteroatoms. The fourth-order valence-corrected chi connectivity index (χ4v) is 3.48. The highest BCUT2D eigenvalue weighted by Crippen LogP contribution is 2.27. The van der Waals surface area contributed by atoms with Crippen LogP contribution >= 0.6 is 11.3 Å². The molecule has 0 atom stereocenters. The van der Waals surface area contributed by atoms with E-state index < -0.39 is 16.4 Å². The van der Waals surface area contributed by atoms with Crippen molar-refractivity contribution in [2.75, 3.05) is 18.4 Å². The van der Waals surface area contributed by atoms with Crippen molar-refractivity contribution in [2.24, 2.45) is 0 Å². The van der Waals surface area contributed by atoms with Crippen LogP contribution in [0.25, 0.3) is 0 Å². The minimum absolute atomic E-state index is 0.0107. The maximum absolute atomic E-state index is 13.5. The van der Waals surface area contributed by atoms with Crippen LogP contribution < -0.4 is 5.32 Å². The highest BCUT2D eigenvalue weighted by Gasteiger charge is 2.23. The smallest absolute Gasteiger partial charge is 0.327 e. The summed E-state index contributed by atoms with van der Waals surface area (Å²) in [6, 6.07) is 5.79. The molecule has 0 radical (unpaired) electrons. The van der Waals surface area contributed by atoms with E-state index in [-0.39, 0.29) is 18.1 Å². The van der Waals surface area contributed by atoms with Crippen molar-refractivity contribution in [3.63, 3.8) is 0 Å². The molecule has 1 N–H and O–H groups in total. The highest BCUT2D eigenvalue weighted by atomic mass is 32.1. The largest absolute Gasteiger partial charge is 0.370 e. The number of halogens is 1. The van der Waals surface area contributed by atoms with E-state index in [2.05, 4.69) is 5.32 Å². The van der Waals surface area contributed by atoms with Crippen molar-refractivity contribution >= 4 is 28.6 Å². The number of benzene rings is 1. The summed E-state index contributed by atoms with van der Waals surface area (Å²) in [5.41, 5.74) is 0.516. The number of fused-ring (bicyclic) bond motifs is 1. The van der Waals surface area contributed by atoms with Crippen molar-refractivity contribution in [3.05, 3.63) is 56.0 Å². The average Bonchev–Trinajstić information content (AvgIpc) is 2.99. The Hall–Kier alpha value is -2.48. The van der Waals surface area contributed by atoms with Gasteiger partial charge in [-0.1, -0.05) is 6.07 Å². The molecule has 1 aromatic heterocycles. The number of amides is 1. The van der Waals surface area contributed by atoms with Gasteiger partial charge in [-0.3, -0.25) is 14.9 Å². The predicted molar refractivity (Wildman–Crippen MR) is 85.0 cm³/mol. The fraction of sp³-hybridized carbons (Fsp3) is 0.267. The van der Waals surface area contributed by atoms with Crippen LogP contribution in [-0.4, -0.2) is 28.8 Å². The number of nitrogens with zero attached hydrogens (tertiary/aromatic N) is 2. The van der Waals surface area contributed by atoms with Crippen LogP contribution in [0.3, 0.4) is 0 Å². The summed E-state index contributed by atoms with van der Waals surface area (Å²) in [6.45, 7) is 1.06. The first-order valence-electron chi connectivity index (χ1n) is 7.06. The number of thiophene rings is 1. The lowest BCUT2D eigenvalue weighted by Crippen LogP contribution is -2.38. The summed E-state index contributed by atoms with van der Waals surface area (Å²) in [4.78, 5) is 25.4. The Labute approximate surface area is 135 Å². The third kappa shape index (κ3) is 3.16. The van der Waals surface area contributed by atoms with E-state index in [1.165, 1.54) is 17.0 Å². The Balaban J connectivity index is 1.66. The molecule has 0 bridgehead atoms. The third-order valence-corrected chi connectivity index (χ3v) is 4.78. The zero-order chi connectivity index (χ0) is 16.4. The summed E-state index contributed by atoms with van der Waals surface area (Å²) < 4.78 is 13.5. The number of anilines is 1. The number of carbonyl (C=O) groups excluding carboxylic acids is 1. The van der Waals surface area contributed by atoms with Crippen LogP contribution in [0.2, 0.25) is 0 Å². The van der Waals surface area contributed by atoms with E-state index in [0.29, 0.717) is 13.1 Å². The predicted octanol–water partition coefficient (Wildman–Crippen LogP) is 2.79. The molecule has 0 fully saturated rings. The maximum atomic E-state index is 13.5. The van der Waals surface area contributed by atoms with Crippen LogP contribution in [-0.2, 0) is 17.8 Å². The van der Waals surface area contributed by atoms with E-state index in [9.17, 15) is 19.3 Å². The van der Waals surface area contributed by atoms with Crippen molar-refractivity contribution < 1.29 is 14.1 Å². The Kier molecular flexibility index (Phi) is 4.24. The highest BCUT2D eigenvalue weighted by molar-refractivity contribution is 7.10. The molecule has 6 nitrogen and oxygen atoms in total. The lowest BCUT2D eigenvalue weighted by atomic mass is 10.1. The summed E-state index contributed by atoms with van der Waals surface area (Å²) in [6.07, 6.45) is 0.818. The molecule has 0 spiro atoms. The molecular weight excluding hydrogens is 321 g/mol. The first-order chi connectivity index (χ1) is 11.1. The van der Waals surface area contributed by atoms with Gasteiger partial charge in [0.2, 0.25) is 11.7 Å². The van der Waals surface area contributed by atoms with Gasteiger partial charge in [-0.05, 0) is 35.6 Å². The van der Waals surface area contributed by atoms with Crippen molar-refractivity contribution in [1.29, 1.82) is 0 Å². The number of para-hydroxylation sites is 1. The van der Waals surface area contributed by atoms with Gasteiger partial charge in [-0.25, -0.2) is 0 Å². The first-order valence-corrected chi connectivity index (χ1v) is 7.94. The van der Waals surface area contributed by atoms with E-state index in [0.717, 1.165) is 18.1 Å². The second-order valence-electron chi connectivity index (χ2n) is 5.18. The van der Waals surface area contributed by atoms with Gasteiger partial charge in [0.15, 0.2) is 0 Å². The van der Waals surface area contributed by atoms with Crippen molar-refractivity contribution in [1.82, 2.24) is 4.90 Å². The molecule has 23 heavy (non-hydrogen) atoms. The van der Waals surface area contributed by atoms with E-state index in [1.54, 1.807) is 16.2 Å². The van der Waals surface area contributed by atoms with Gasteiger partial charge < -0.3 is 10.2 Å². The minimum atomic E-state index is -0.923. The molecule has 0 unspecified atom stereocenters. The minimum Gasteiger partial charge on any atom is -0.370 e. The monoisotopic (exact) mass is 335 g/mol. The molecule has 1 amide bonds. The van der Waals surface area contributed by atoms with Crippen LogP contribution in [0.15, 0.2) is 29.6 Å². The normalized spacial score (nSPS) is 13.5. The van der Waals surface area contributed by atoms with E-state index in [4.69, 9.17) is 0 Å². The molecule has 1 aliphatic heterocycles. The lowest BCUT2D eigenvalue weighted by molar-refractivity contribution is -0.386. The Morgan fingerprint density at radius 2 is 2.26 bits per heavy atom. The van der Waals surface area contributed by atoms with Gasteiger partial charge in [-0.15, -0.1) is 11.3 Å². The van der Waals surface area contributed by atoms with Gasteiger partial charge in [0.05, 0.1) is 11.5 Å². The Bertz CT molecular complexity index is 762. The average molecular weight is 335 g/mol. The number of hydrogen-bond donors (Lipinski definition) is 1. The van der Waals surface area contributed by atoms with Gasteiger partial charge >= 0.3 is 5.69 Å². The number of carbonyl (C=O) groups is 1. The zero-order valence-corrected chi connectivity index (χ0v) is 12.9. The molecule has 120 valence electrons. The van der Waals surface area contributed by atoms with Gasteiger partial charge in [0.25, 0.3) is 0 Å². The number of nitrogens with one attached hydrogen (secondary N) is 1. The molecule has 0 aliphatic carbocycles. The second-order valence-corrected chi connectivity index (χ2v) is 6.18. The molecule has 0 saturated carbocycles. The molecule has 3 rings (SSSR count). The number of hydrogen-bond acceptors (Lipinski definition) is 5. The summed E-state index contributed by atoms with van der Waals surface area (Å²) >= 11 is 1.69. The van der Waals surface area contributed by atoms with Crippen LogP contribution in [0, 0.1) is 15.9 Å².